The van der Waals surface area contributed by atoms with E-state index in [-0.39, 0.29) is 6.04 Å². The molecule has 2 fully saturated rings. The van der Waals surface area contributed by atoms with Crippen LogP contribution < -0.4 is 4.74 Å². The van der Waals surface area contributed by atoms with Crippen LogP contribution >= 0.6 is 0 Å². The van der Waals surface area contributed by atoms with Gasteiger partial charge in [-0.3, -0.25) is 9.69 Å². The summed E-state index contributed by atoms with van der Waals surface area (Å²) in [7, 11) is 1.68. The molecule has 1 aromatic rings. The molecule has 0 aromatic heterocycles. The van der Waals surface area contributed by atoms with Gasteiger partial charge in [-0.25, -0.2) is 0 Å². The summed E-state index contributed by atoms with van der Waals surface area (Å²) in [5, 5.41) is 9.62. The molecule has 3 atom stereocenters. The van der Waals surface area contributed by atoms with Gasteiger partial charge in [0.2, 0.25) is 0 Å². The van der Waals surface area contributed by atoms with E-state index in [9.17, 15) is 9.90 Å². The molecule has 4 nitrogen and oxygen atoms in total. The molecule has 0 spiro atoms. The van der Waals surface area contributed by atoms with Crippen LogP contribution in [-0.2, 0) is 11.3 Å². The van der Waals surface area contributed by atoms with Gasteiger partial charge in [0.15, 0.2) is 0 Å². The first-order valence-corrected chi connectivity index (χ1v) is 8.22. The minimum absolute atomic E-state index is 0.349. The standard InChI is InChI=1S/C18H25NO3/c1-12-7-8-17(22-2)14(9-12)11-19-15-6-4-3-5-13(15)10-16(19)18(20)21/h7-9,13,15-16H,3-6,10-11H2,1-2H3,(H,20,21). The SMILES string of the molecule is COc1ccc(C)cc1CN1C(C(=O)O)CC2CCCCC21. The number of carbonyl (C=O) groups is 1. The maximum Gasteiger partial charge on any atom is 0.320 e. The van der Waals surface area contributed by atoms with E-state index >= 15 is 0 Å². The van der Waals surface area contributed by atoms with E-state index in [1.807, 2.05) is 12.1 Å². The fraction of sp³-hybridized carbons (Fsp3) is 0.611. The summed E-state index contributed by atoms with van der Waals surface area (Å²) in [5.41, 5.74) is 2.28. The summed E-state index contributed by atoms with van der Waals surface area (Å²) in [6, 6.07) is 6.20. The second-order valence-electron chi connectivity index (χ2n) is 6.69. The van der Waals surface area contributed by atoms with Gasteiger partial charge >= 0.3 is 5.97 Å². The third kappa shape index (κ3) is 2.84. The lowest BCUT2D eigenvalue weighted by Gasteiger charge is -2.33. The second kappa shape index (κ2) is 6.29. The number of ether oxygens (including phenoxy) is 1. The zero-order valence-corrected chi connectivity index (χ0v) is 13.4. The maximum absolute atomic E-state index is 11.7. The van der Waals surface area contributed by atoms with E-state index in [2.05, 4.69) is 17.9 Å². The highest BCUT2D eigenvalue weighted by atomic mass is 16.5. The van der Waals surface area contributed by atoms with Crippen molar-refractivity contribution >= 4 is 5.97 Å². The Labute approximate surface area is 132 Å². The average Bonchev–Trinajstić information content (AvgIpc) is 2.87. The Morgan fingerprint density at radius 2 is 2.14 bits per heavy atom. The van der Waals surface area contributed by atoms with Crippen LogP contribution in [0.25, 0.3) is 0 Å². The summed E-state index contributed by atoms with van der Waals surface area (Å²) < 4.78 is 5.47. The van der Waals surface area contributed by atoms with E-state index in [0.717, 1.165) is 24.2 Å². The maximum atomic E-state index is 11.7. The van der Waals surface area contributed by atoms with Crippen LogP contribution in [0.1, 0.15) is 43.2 Å². The average molecular weight is 303 g/mol. The van der Waals surface area contributed by atoms with Crippen LogP contribution in [0.3, 0.4) is 0 Å². The largest absolute Gasteiger partial charge is 0.496 e. The number of hydrogen-bond acceptors (Lipinski definition) is 3. The van der Waals surface area contributed by atoms with E-state index in [1.165, 1.54) is 24.8 Å². The van der Waals surface area contributed by atoms with Gasteiger partial charge in [0.05, 0.1) is 7.11 Å². The third-order valence-electron chi connectivity index (χ3n) is 5.30. The van der Waals surface area contributed by atoms with E-state index in [0.29, 0.717) is 18.5 Å². The molecular weight excluding hydrogens is 278 g/mol. The number of hydrogen-bond donors (Lipinski definition) is 1. The number of rotatable bonds is 4. The van der Waals surface area contributed by atoms with Gasteiger partial charge in [0, 0.05) is 18.2 Å². The normalized spacial score (nSPS) is 28.4. The van der Waals surface area contributed by atoms with Crippen molar-refractivity contribution in [1.82, 2.24) is 4.90 Å². The minimum atomic E-state index is -0.680. The Balaban J connectivity index is 1.87. The predicted octanol–water partition coefficient (Wildman–Crippen LogP) is 3.22. The summed E-state index contributed by atoms with van der Waals surface area (Å²) in [4.78, 5) is 13.9. The van der Waals surface area contributed by atoms with Crippen molar-refractivity contribution in [1.29, 1.82) is 0 Å². The van der Waals surface area contributed by atoms with E-state index in [4.69, 9.17) is 4.74 Å². The van der Waals surface area contributed by atoms with E-state index in [1.54, 1.807) is 7.11 Å². The topological polar surface area (TPSA) is 49.8 Å². The summed E-state index contributed by atoms with van der Waals surface area (Å²) in [5.74, 6) is 0.723. The molecule has 2 aliphatic rings. The van der Waals surface area contributed by atoms with Gasteiger partial charge in [0.1, 0.15) is 11.8 Å². The molecule has 4 heteroatoms. The molecule has 0 radical (unpaired) electrons. The lowest BCUT2D eigenvalue weighted by molar-refractivity contribution is -0.142. The molecule has 120 valence electrons. The van der Waals surface area contributed by atoms with Gasteiger partial charge in [-0.1, -0.05) is 30.5 Å². The molecule has 1 saturated carbocycles. The van der Waals surface area contributed by atoms with Gasteiger partial charge in [-0.2, -0.15) is 0 Å². The van der Waals surface area contributed by atoms with Gasteiger partial charge in [-0.15, -0.1) is 0 Å². The summed E-state index contributed by atoms with van der Waals surface area (Å²) in [6.07, 6.45) is 5.57. The van der Waals surface area contributed by atoms with Crippen molar-refractivity contribution in [3.05, 3.63) is 29.3 Å². The van der Waals surface area contributed by atoms with Crippen LogP contribution in [0.15, 0.2) is 18.2 Å². The minimum Gasteiger partial charge on any atom is -0.496 e. The molecule has 0 bridgehead atoms. The molecule has 1 saturated heterocycles. The zero-order chi connectivity index (χ0) is 15.7. The molecule has 3 unspecified atom stereocenters. The highest BCUT2D eigenvalue weighted by molar-refractivity contribution is 5.74. The number of methoxy groups -OCH3 is 1. The van der Waals surface area contributed by atoms with Gasteiger partial charge in [-0.05, 0) is 38.2 Å². The van der Waals surface area contributed by atoms with Crippen LogP contribution in [0, 0.1) is 12.8 Å². The summed E-state index contributed by atoms with van der Waals surface area (Å²) >= 11 is 0. The number of likely N-dealkylation sites (tertiary alicyclic amines) is 1. The second-order valence-corrected chi connectivity index (χ2v) is 6.69. The number of fused-ring (bicyclic) bond motifs is 1. The van der Waals surface area contributed by atoms with Crippen LogP contribution in [0.5, 0.6) is 5.75 Å². The number of carboxylic acids is 1. The van der Waals surface area contributed by atoms with Crippen LogP contribution in [0.2, 0.25) is 0 Å². The van der Waals surface area contributed by atoms with Gasteiger partial charge in [0.25, 0.3) is 0 Å². The Morgan fingerprint density at radius 3 is 2.86 bits per heavy atom. The Kier molecular flexibility index (Phi) is 4.39. The Hall–Kier alpha value is -1.55. The first kappa shape index (κ1) is 15.3. The molecule has 1 aliphatic carbocycles. The molecule has 1 aliphatic heterocycles. The first-order valence-electron chi connectivity index (χ1n) is 8.22. The smallest absolute Gasteiger partial charge is 0.320 e. The summed E-state index contributed by atoms with van der Waals surface area (Å²) in [6.45, 7) is 2.73. The molecule has 1 N–H and O–H groups in total. The van der Waals surface area contributed by atoms with Crippen LogP contribution in [-0.4, -0.2) is 35.2 Å². The lowest BCUT2D eigenvalue weighted by Crippen LogP contribution is -2.41. The quantitative estimate of drug-likeness (QED) is 0.928. The van der Waals surface area contributed by atoms with Crippen molar-refractivity contribution in [2.45, 2.75) is 57.7 Å². The number of aliphatic carboxylic acids is 1. The molecule has 3 rings (SSSR count). The molecular formula is C18H25NO3. The zero-order valence-electron chi connectivity index (χ0n) is 13.4. The molecule has 1 heterocycles. The number of nitrogens with zero attached hydrogens (tertiary/aromatic N) is 1. The predicted molar refractivity (Wildman–Crippen MR) is 85.1 cm³/mol. The number of carboxylic acid groups (broad SMARTS) is 1. The number of aryl methyl sites for hydroxylation is 1. The van der Waals surface area contributed by atoms with Crippen molar-refractivity contribution in [2.24, 2.45) is 5.92 Å². The molecule has 1 aromatic carbocycles. The Morgan fingerprint density at radius 1 is 1.36 bits per heavy atom. The van der Waals surface area contributed by atoms with Gasteiger partial charge < -0.3 is 9.84 Å². The van der Waals surface area contributed by atoms with Crippen molar-refractivity contribution in [3.8, 4) is 5.75 Å². The monoisotopic (exact) mass is 303 g/mol. The molecule has 0 amide bonds. The van der Waals surface area contributed by atoms with Crippen LogP contribution in [0.4, 0.5) is 0 Å². The van der Waals surface area contributed by atoms with Crippen molar-refractivity contribution in [3.63, 3.8) is 0 Å². The number of benzene rings is 1. The van der Waals surface area contributed by atoms with E-state index < -0.39 is 5.97 Å². The Bertz CT molecular complexity index is 557. The molecule has 22 heavy (non-hydrogen) atoms. The highest BCUT2D eigenvalue weighted by Crippen LogP contribution is 2.41. The highest BCUT2D eigenvalue weighted by Gasteiger charge is 2.45. The lowest BCUT2D eigenvalue weighted by atomic mass is 9.84. The first-order chi connectivity index (χ1) is 10.6. The fourth-order valence-corrected chi connectivity index (χ4v) is 4.25. The van der Waals surface area contributed by atoms with Crippen molar-refractivity contribution in [2.75, 3.05) is 7.11 Å². The third-order valence-corrected chi connectivity index (χ3v) is 5.30. The fourth-order valence-electron chi connectivity index (χ4n) is 4.25. The van der Waals surface area contributed by atoms with Crippen molar-refractivity contribution < 1.29 is 14.6 Å².